The predicted molar refractivity (Wildman–Crippen MR) is 104 cm³/mol. The van der Waals surface area contributed by atoms with E-state index in [4.69, 9.17) is 4.74 Å². The molecule has 0 atom stereocenters. The van der Waals surface area contributed by atoms with Gasteiger partial charge >= 0.3 is 5.97 Å². The number of nitrogens with zero attached hydrogens (tertiary/aromatic N) is 1. The van der Waals surface area contributed by atoms with Gasteiger partial charge in [0.2, 0.25) is 0 Å². The lowest BCUT2D eigenvalue weighted by molar-refractivity contribution is -0.147. The van der Waals surface area contributed by atoms with Crippen LogP contribution in [0.2, 0.25) is 0 Å². The molecule has 8 nitrogen and oxygen atoms in total. The van der Waals surface area contributed by atoms with Crippen molar-refractivity contribution in [3.05, 3.63) is 59.7 Å². The van der Waals surface area contributed by atoms with Crippen molar-refractivity contribution >= 4 is 33.4 Å². The van der Waals surface area contributed by atoms with Gasteiger partial charge in [0.15, 0.2) is 6.61 Å². The zero-order chi connectivity index (χ0) is 20.1. The maximum absolute atomic E-state index is 12.0. The second kappa shape index (κ2) is 8.22. The molecule has 0 fully saturated rings. The third kappa shape index (κ3) is 4.74. The number of aryl methyl sites for hydroxylation is 1. The molecule has 0 saturated carbocycles. The van der Waals surface area contributed by atoms with Crippen LogP contribution in [0.3, 0.4) is 0 Å². The minimum atomic E-state index is -3.61. The van der Waals surface area contributed by atoms with Crippen LogP contribution in [-0.2, 0) is 24.3 Å². The Morgan fingerprint density at radius 2 is 1.93 bits per heavy atom. The summed E-state index contributed by atoms with van der Waals surface area (Å²) in [5.74, 6) is -0.846. The van der Waals surface area contributed by atoms with Crippen LogP contribution in [0.5, 0.6) is 0 Å². The number of fused-ring (bicyclic) bond motifs is 1. The molecule has 0 saturated heterocycles. The first-order valence-electron chi connectivity index (χ1n) is 8.54. The normalized spacial score (nSPS) is 15.5. The number of benzene rings is 2. The average Bonchev–Trinajstić information content (AvgIpc) is 2.91. The van der Waals surface area contributed by atoms with E-state index in [-0.39, 0.29) is 23.7 Å². The van der Waals surface area contributed by atoms with Crippen molar-refractivity contribution in [2.24, 2.45) is 4.99 Å². The molecule has 9 heteroatoms. The van der Waals surface area contributed by atoms with E-state index >= 15 is 0 Å². The Morgan fingerprint density at radius 3 is 2.71 bits per heavy atom. The van der Waals surface area contributed by atoms with Gasteiger partial charge in [-0.25, -0.2) is 8.42 Å². The standard InChI is InChI=1S/C19H19N3O5S/c1-13-5-4-6-14(11-13)21-17(23)12-27-18(24)9-10-20-19-15-7-2-3-8-16(15)28(25,26)22-19/h2-8,11H,9-10,12H2,1H3,(H,20,22)(H,21,23). The van der Waals surface area contributed by atoms with E-state index in [0.717, 1.165) is 5.56 Å². The summed E-state index contributed by atoms with van der Waals surface area (Å²) in [6.07, 6.45) is -0.0783. The SMILES string of the molecule is Cc1cccc(NC(=O)COC(=O)CCN=C2NS(=O)(=O)c3ccccc32)c1. The highest BCUT2D eigenvalue weighted by molar-refractivity contribution is 7.90. The monoisotopic (exact) mass is 401 g/mol. The zero-order valence-corrected chi connectivity index (χ0v) is 16.0. The van der Waals surface area contributed by atoms with Crippen LogP contribution in [0.15, 0.2) is 58.4 Å². The third-order valence-electron chi connectivity index (χ3n) is 3.91. The quantitative estimate of drug-likeness (QED) is 0.714. The summed E-state index contributed by atoms with van der Waals surface area (Å²) in [7, 11) is -3.61. The van der Waals surface area contributed by atoms with E-state index in [1.165, 1.54) is 6.07 Å². The van der Waals surface area contributed by atoms with Gasteiger partial charge in [-0.1, -0.05) is 24.3 Å². The number of aliphatic imine (C=N–C) groups is 1. The van der Waals surface area contributed by atoms with Gasteiger partial charge in [-0.15, -0.1) is 0 Å². The number of carbonyl (C=O) groups is 2. The van der Waals surface area contributed by atoms with Gasteiger partial charge in [-0.2, -0.15) is 0 Å². The molecule has 1 heterocycles. The number of amidine groups is 1. The molecule has 3 rings (SSSR count). The zero-order valence-electron chi connectivity index (χ0n) is 15.1. The van der Waals surface area contributed by atoms with Crippen LogP contribution in [0.25, 0.3) is 0 Å². The van der Waals surface area contributed by atoms with Crippen LogP contribution in [-0.4, -0.2) is 39.3 Å². The number of ether oxygens (including phenoxy) is 1. The molecule has 1 amide bonds. The molecule has 28 heavy (non-hydrogen) atoms. The van der Waals surface area contributed by atoms with E-state index in [2.05, 4.69) is 15.0 Å². The number of nitrogens with one attached hydrogen (secondary N) is 2. The van der Waals surface area contributed by atoms with E-state index in [9.17, 15) is 18.0 Å². The van der Waals surface area contributed by atoms with Gasteiger partial charge in [-0.05, 0) is 36.8 Å². The molecule has 0 unspecified atom stereocenters. The molecular formula is C19H19N3O5S. The van der Waals surface area contributed by atoms with Gasteiger partial charge in [0.1, 0.15) is 5.84 Å². The predicted octanol–water partition coefficient (Wildman–Crippen LogP) is 1.61. The number of sulfonamides is 1. The van der Waals surface area contributed by atoms with Gasteiger partial charge in [0.05, 0.1) is 17.9 Å². The summed E-state index contributed by atoms with van der Waals surface area (Å²) < 4.78 is 31.2. The summed E-state index contributed by atoms with van der Waals surface area (Å²) >= 11 is 0. The molecule has 0 bridgehead atoms. The Labute approximate surface area is 162 Å². The summed E-state index contributed by atoms with van der Waals surface area (Å²) in [5, 5.41) is 2.64. The lowest BCUT2D eigenvalue weighted by Crippen LogP contribution is -2.23. The second-order valence-electron chi connectivity index (χ2n) is 6.16. The molecule has 1 aliphatic heterocycles. The summed E-state index contributed by atoms with van der Waals surface area (Å²) in [6.45, 7) is 1.53. The largest absolute Gasteiger partial charge is 0.456 e. The lowest BCUT2D eigenvalue weighted by Gasteiger charge is -2.07. The van der Waals surface area contributed by atoms with Gasteiger partial charge in [-0.3, -0.25) is 19.3 Å². The fourth-order valence-electron chi connectivity index (χ4n) is 2.65. The van der Waals surface area contributed by atoms with Crippen LogP contribution >= 0.6 is 0 Å². The molecule has 146 valence electrons. The number of carbonyl (C=O) groups excluding carboxylic acids is 2. The lowest BCUT2D eigenvalue weighted by atomic mass is 10.2. The Bertz CT molecular complexity index is 1050. The van der Waals surface area contributed by atoms with Crippen molar-refractivity contribution in [1.29, 1.82) is 0 Å². The number of rotatable bonds is 6. The summed E-state index contributed by atoms with van der Waals surface area (Å²) in [6, 6.07) is 13.7. The minimum Gasteiger partial charge on any atom is -0.456 e. The first kappa shape index (κ1) is 19.6. The Morgan fingerprint density at radius 1 is 1.14 bits per heavy atom. The maximum Gasteiger partial charge on any atom is 0.308 e. The van der Waals surface area contributed by atoms with E-state index in [1.807, 2.05) is 19.1 Å². The molecular weight excluding hydrogens is 382 g/mol. The Hall–Kier alpha value is -3.20. The van der Waals surface area contributed by atoms with Crippen molar-refractivity contribution in [2.45, 2.75) is 18.2 Å². The summed E-state index contributed by atoms with van der Waals surface area (Å²) in [5.41, 5.74) is 2.09. The Kier molecular flexibility index (Phi) is 5.74. The number of anilines is 1. The highest BCUT2D eigenvalue weighted by Gasteiger charge is 2.29. The van der Waals surface area contributed by atoms with Crippen molar-refractivity contribution in [3.63, 3.8) is 0 Å². The van der Waals surface area contributed by atoms with Crippen molar-refractivity contribution in [2.75, 3.05) is 18.5 Å². The number of hydrogen-bond donors (Lipinski definition) is 2. The van der Waals surface area contributed by atoms with Crippen LogP contribution in [0, 0.1) is 6.92 Å². The van der Waals surface area contributed by atoms with E-state index < -0.39 is 28.5 Å². The molecule has 0 radical (unpaired) electrons. The molecule has 2 N–H and O–H groups in total. The van der Waals surface area contributed by atoms with E-state index in [0.29, 0.717) is 11.3 Å². The fraction of sp³-hybridized carbons (Fsp3) is 0.211. The number of amides is 1. The van der Waals surface area contributed by atoms with Crippen molar-refractivity contribution in [1.82, 2.24) is 4.72 Å². The van der Waals surface area contributed by atoms with Crippen molar-refractivity contribution in [3.8, 4) is 0 Å². The molecule has 0 aromatic heterocycles. The third-order valence-corrected chi connectivity index (χ3v) is 5.31. The average molecular weight is 401 g/mol. The minimum absolute atomic E-state index is 0.0323. The first-order valence-corrected chi connectivity index (χ1v) is 10.0. The van der Waals surface area contributed by atoms with Crippen LogP contribution in [0.1, 0.15) is 17.5 Å². The second-order valence-corrected chi connectivity index (χ2v) is 7.81. The molecule has 0 aliphatic carbocycles. The van der Waals surface area contributed by atoms with Gasteiger partial charge < -0.3 is 10.1 Å². The Balaban J connectivity index is 1.47. The number of esters is 1. The molecule has 1 aliphatic rings. The molecule has 2 aromatic rings. The van der Waals surface area contributed by atoms with Crippen LogP contribution in [0.4, 0.5) is 5.69 Å². The molecule has 0 spiro atoms. The summed E-state index contributed by atoms with van der Waals surface area (Å²) in [4.78, 5) is 27.9. The maximum atomic E-state index is 12.0. The number of hydrogen-bond acceptors (Lipinski definition) is 6. The smallest absolute Gasteiger partial charge is 0.308 e. The highest BCUT2D eigenvalue weighted by atomic mass is 32.2. The van der Waals surface area contributed by atoms with Crippen LogP contribution < -0.4 is 10.0 Å². The fourth-order valence-corrected chi connectivity index (χ4v) is 3.90. The first-order chi connectivity index (χ1) is 13.3. The van der Waals surface area contributed by atoms with Crippen molar-refractivity contribution < 1.29 is 22.7 Å². The van der Waals surface area contributed by atoms with Gasteiger partial charge in [0, 0.05) is 11.3 Å². The topological polar surface area (TPSA) is 114 Å². The van der Waals surface area contributed by atoms with E-state index in [1.54, 1.807) is 30.3 Å². The van der Waals surface area contributed by atoms with Gasteiger partial charge in [0.25, 0.3) is 15.9 Å². The highest BCUT2D eigenvalue weighted by Crippen LogP contribution is 2.22. The molecule has 2 aromatic carbocycles.